The van der Waals surface area contributed by atoms with Crippen molar-refractivity contribution in [3.05, 3.63) is 0 Å². The molecule has 4 atom stereocenters. The summed E-state index contributed by atoms with van der Waals surface area (Å²) in [6.07, 6.45) is 4.61. The van der Waals surface area contributed by atoms with Gasteiger partial charge < -0.3 is 14.8 Å². The standard InChI is InChI=1S/C16H31NO2S/c1-5-15(3,18-4)14(17-6-2)13-7-9-19-16(11-13)8-10-20-12-16/h13-14,17H,5-12H2,1-4H3. The second-order valence-corrected chi connectivity index (χ2v) is 7.60. The molecular weight excluding hydrogens is 270 g/mol. The van der Waals surface area contributed by atoms with Crippen LogP contribution in [0.4, 0.5) is 0 Å². The number of thioether (sulfide) groups is 1. The number of nitrogens with one attached hydrogen (secondary N) is 1. The van der Waals surface area contributed by atoms with Gasteiger partial charge in [0.2, 0.25) is 0 Å². The average molecular weight is 301 g/mol. The van der Waals surface area contributed by atoms with Gasteiger partial charge in [-0.2, -0.15) is 11.8 Å². The van der Waals surface area contributed by atoms with E-state index >= 15 is 0 Å². The molecule has 2 heterocycles. The lowest BCUT2D eigenvalue weighted by molar-refractivity contribution is -0.112. The summed E-state index contributed by atoms with van der Waals surface area (Å²) < 4.78 is 12.1. The molecule has 0 aliphatic carbocycles. The Balaban J connectivity index is 2.12. The smallest absolute Gasteiger partial charge is 0.0803 e. The molecular formula is C16H31NO2S. The Hall–Kier alpha value is 0.230. The first kappa shape index (κ1) is 16.6. The number of hydrogen-bond acceptors (Lipinski definition) is 4. The van der Waals surface area contributed by atoms with Gasteiger partial charge in [0.15, 0.2) is 0 Å². The van der Waals surface area contributed by atoms with Crippen molar-refractivity contribution in [2.24, 2.45) is 5.92 Å². The van der Waals surface area contributed by atoms with Gasteiger partial charge in [-0.05, 0) is 50.8 Å². The second kappa shape index (κ2) is 6.99. The van der Waals surface area contributed by atoms with E-state index in [1.165, 1.54) is 24.3 Å². The molecule has 1 N–H and O–H groups in total. The van der Waals surface area contributed by atoms with Crippen LogP contribution in [0.1, 0.15) is 46.5 Å². The van der Waals surface area contributed by atoms with Gasteiger partial charge in [0, 0.05) is 25.5 Å². The molecule has 4 unspecified atom stereocenters. The third-order valence-corrected chi connectivity index (χ3v) is 6.54. The summed E-state index contributed by atoms with van der Waals surface area (Å²) in [5.74, 6) is 3.10. The van der Waals surface area contributed by atoms with Gasteiger partial charge in [-0.1, -0.05) is 13.8 Å². The molecule has 1 spiro atoms. The maximum Gasteiger partial charge on any atom is 0.0803 e. The van der Waals surface area contributed by atoms with E-state index in [4.69, 9.17) is 9.47 Å². The van der Waals surface area contributed by atoms with E-state index in [0.29, 0.717) is 12.0 Å². The van der Waals surface area contributed by atoms with Crippen molar-refractivity contribution in [2.45, 2.75) is 63.7 Å². The summed E-state index contributed by atoms with van der Waals surface area (Å²) in [5.41, 5.74) is 0.0780. The topological polar surface area (TPSA) is 30.5 Å². The number of hydrogen-bond donors (Lipinski definition) is 1. The molecule has 2 rings (SSSR count). The molecule has 3 nitrogen and oxygen atoms in total. The van der Waals surface area contributed by atoms with Gasteiger partial charge >= 0.3 is 0 Å². The second-order valence-electron chi connectivity index (χ2n) is 6.49. The summed E-state index contributed by atoms with van der Waals surface area (Å²) >= 11 is 2.05. The fraction of sp³-hybridized carbons (Fsp3) is 1.00. The maximum atomic E-state index is 6.18. The molecule has 2 aliphatic rings. The van der Waals surface area contributed by atoms with Crippen molar-refractivity contribution in [1.29, 1.82) is 0 Å². The average Bonchev–Trinajstić information content (AvgIpc) is 2.91. The molecule has 4 heteroatoms. The van der Waals surface area contributed by atoms with Gasteiger partial charge in [0.05, 0.1) is 11.2 Å². The summed E-state index contributed by atoms with van der Waals surface area (Å²) in [4.78, 5) is 0. The van der Waals surface area contributed by atoms with E-state index in [2.05, 4.69) is 26.1 Å². The van der Waals surface area contributed by atoms with Crippen molar-refractivity contribution in [2.75, 3.05) is 31.8 Å². The van der Waals surface area contributed by atoms with Crippen LogP contribution < -0.4 is 5.32 Å². The van der Waals surface area contributed by atoms with Gasteiger partial charge in [-0.15, -0.1) is 0 Å². The van der Waals surface area contributed by atoms with E-state index in [-0.39, 0.29) is 11.2 Å². The van der Waals surface area contributed by atoms with Crippen LogP contribution in [-0.4, -0.2) is 49.0 Å². The lowest BCUT2D eigenvalue weighted by Gasteiger charge is -2.46. The first-order chi connectivity index (χ1) is 9.59. The van der Waals surface area contributed by atoms with E-state index < -0.39 is 0 Å². The molecule has 0 amide bonds. The van der Waals surface area contributed by atoms with E-state index in [1.54, 1.807) is 0 Å². The van der Waals surface area contributed by atoms with Crippen LogP contribution >= 0.6 is 11.8 Å². The molecule has 0 bridgehead atoms. The van der Waals surface area contributed by atoms with Crippen LogP contribution in [-0.2, 0) is 9.47 Å². The van der Waals surface area contributed by atoms with Crippen LogP contribution in [0, 0.1) is 5.92 Å². The molecule has 0 aromatic carbocycles. The van der Waals surface area contributed by atoms with Crippen molar-refractivity contribution < 1.29 is 9.47 Å². The summed E-state index contributed by atoms with van der Waals surface area (Å²) in [7, 11) is 1.86. The van der Waals surface area contributed by atoms with Gasteiger partial charge in [-0.3, -0.25) is 0 Å². The summed E-state index contributed by atoms with van der Waals surface area (Å²) in [6, 6.07) is 0.425. The van der Waals surface area contributed by atoms with Gasteiger partial charge in [0.25, 0.3) is 0 Å². The third kappa shape index (κ3) is 3.34. The van der Waals surface area contributed by atoms with Crippen LogP contribution in [0.25, 0.3) is 0 Å². The normalized spacial score (nSPS) is 35.1. The van der Waals surface area contributed by atoms with Crippen molar-refractivity contribution in [3.63, 3.8) is 0 Å². The molecule has 0 aromatic rings. The van der Waals surface area contributed by atoms with E-state index in [9.17, 15) is 0 Å². The molecule has 2 aliphatic heterocycles. The van der Waals surface area contributed by atoms with Crippen molar-refractivity contribution >= 4 is 11.8 Å². The SMILES string of the molecule is CCNC(C1CCOC2(CCSC2)C1)C(C)(CC)OC. The zero-order chi connectivity index (χ0) is 14.6. The quantitative estimate of drug-likeness (QED) is 0.817. The molecule has 2 saturated heterocycles. The highest BCUT2D eigenvalue weighted by Crippen LogP contribution is 2.43. The predicted octanol–water partition coefficient (Wildman–Crippen LogP) is 3.08. The lowest BCUT2D eigenvalue weighted by atomic mass is 9.75. The van der Waals surface area contributed by atoms with Gasteiger partial charge in [0.1, 0.15) is 0 Å². The van der Waals surface area contributed by atoms with E-state index in [1.807, 2.05) is 18.9 Å². The van der Waals surface area contributed by atoms with Crippen LogP contribution in [0.2, 0.25) is 0 Å². The zero-order valence-corrected chi connectivity index (χ0v) is 14.4. The Morgan fingerprint density at radius 1 is 1.50 bits per heavy atom. The Bertz CT molecular complexity index is 301. The minimum atomic E-state index is -0.0784. The summed E-state index contributed by atoms with van der Waals surface area (Å²) in [5, 5.41) is 3.71. The third-order valence-electron chi connectivity index (χ3n) is 5.32. The van der Waals surface area contributed by atoms with Crippen molar-refractivity contribution in [1.82, 2.24) is 5.32 Å². The van der Waals surface area contributed by atoms with Crippen LogP contribution in [0.3, 0.4) is 0 Å². The largest absolute Gasteiger partial charge is 0.377 e. The number of methoxy groups -OCH3 is 1. The molecule has 118 valence electrons. The fourth-order valence-electron chi connectivity index (χ4n) is 3.81. The maximum absolute atomic E-state index is 6.18. The highest BCUT2D eigenvalue weighted by atomic mass is 32.2. The Morgan fingerprint density at radius 2 is 2.30 bits per heavy atom. The molecule has 0 aromatic heterocycles. The Labute approximate surface area is 128 Å². The number of rotatable bonds is 6. The van der Waals surface area contributed by atoms with Crippen molar-refractivity contribution in [3.8, 4) is 0 Å². The number of likely N-dealkylation sites (N-methyl/N-ethyl adjacent to an activating group) is 1. The van der Waals surface area contributed by atoms with Crippen LogP contribution in [0.5, 0.6) is 0 Å². The minimum Gasteiger partial charge on any atom is -0.377 e. The molecule has 20 heavy (non-hydrogen) atoms. The highest BCUT2D eigenvalue weighted by molar-refractivity contribution is 7.99. The van der Waals surface area contributed by atoms with Crippen LogP contribution in [0.15, 0.2) is 0 Å². The number of ether oxygens (including phenoxy) is 2. The first-order valence-corrected chi connectivity index (χ1v) is 9.25. The predicted molar refractivity (Wildman–Crippen MR) is 86.5 cm³/mol. The Kier molecular flexibility index (Phi) is 5.80. The molecule has 0 saturated carbocycles. The molecule has 2 fully saturated rings. The lowest BCUT2D eigenvalue weighted by Crippen LogP contribution is -2.57. The molecule has 0 radical (unpaired) electrons. The fourth-order valence-corrected chi connectivity index (χ4v) is 5.18. The first-order valence-electron chi connectivity index (χ1n) is 8.09. The zero-order valence-electron chi connectivity index (χ0n) is 13.5. The van der Waals surface area contributed by atoms with Gasteiger partial charge in [-0.25, -0.2) is 0 Å². The highest BCUT2D eigenvalue weighted by Gasteiger charge is 2.46. The minimum absolute atomic E-state index is 0.0784. The van der Waals surface area contributed by atoms with E-state index in [0.717, 1.165) is 26.0 Å². The summed E-state index contributed by atoms with van der Waals surface area (Å²) in [6.45, 7) is 8.60. The Morgan fingerprint density at radius 3 is 2.85 bits per heavy atom. The monoisotopic (exact) mass is 301 g/mol.